The number of fused-ring (bicyclic) bond motifs is 1. The van der Waals surface area contributed by atoms with E-state index in [1.165, 1.54) is 16.9 Å². The summed E-state index contributed by atoms with van der Waals surface area (Å²) in [4.78, 5) is 32.5. The average molecular weight is 476 g/mol. The molecule has 1 unspecified atom stereocenters. The van der Waals surface area contributed by atoms with E-state index in [4.69, 9.17) is 4.74 Å². The SMILES string of the molecule is COc1ccc(C)cc1N1CC(C(=O)Nc2nc3scc(-c4ccc(C)cc4C)n3n2)CC1=O. The molecule has 0 saturated carbocycles. The summed E-state index contributed by atoms with van der Waals surface area (Å²) in [6, 6.07) is 11.9. The Labute approximate surface area is 201 Å². The van der Waals surface area contributed by atoms with Crippen LogP contribution in [0.4, 0.5) is 11.6 Å². The summed E-state index contributed by atoms with van der Waals surface area (Å²) in [6.07, 6.45) is 0.124. The molecule has 174 valence electrons. The Morgan fingerprint density at radius 1 is 1.15 bits per heavy atom. The molecule has 1 saturated heterocycles. The minimum absolute atomic E-state index is 0.111. The number of carbonyl (C=O) groups excluding carboxylic acids is 2. The van der Waals surface area contributed by atoms with E-state index in [0.29, 0.717) is 16.4 Å². The number of benzene rings is 2. The van der Waals surface area contributed by atoms with Crippen molar-refractivity contribution in [1.29, 1.82) is 0 Å². The molecular weight excluding hydrogens is 450 g/mol. The number of ether oxygens (including phenoxy) is 1. The third-order valence-corrected chi connectivity index (χ3v) is 6.91. The quantitative estimate of drug-likeness (QED) is 0.463. The van der Waals surface area contributed by atoms with Gasteiger partial charge in [-0.3, -0.25) is 14.9 Å². The molecule has 0 radical (unpaired) electrons. The number of nitrogens with zero attached hydrogens (tertiary/aromatic N) is 4. The lowest BCUT2D eigenvalue weighted by molar-refractivity contribution is -0.122. The summed E-state index contributed by atoms with van der Waals surface area (Å²) in [6.45, 7) is 6.36. The highest BCUT2D eigenvalue weighted by Crippen LogP contribution is 2.34. The van der Waals surface area contributed by atoms with Crippen molar-refractivity contribution in [3.8, 4) is 17.0 Å². The third-order valence-electron chi connectivity index (χ3n) is 6.10. The number of hydrogen-bond acceptors (Lipinski definition) is 6. The van der Waals surface area contributed by atoms with Gasteiger partial charge in [0.1, 0.15) is 5.75 Å². The van der Waals surface area contributed by atoms with Gasteiger partial charge in [-0.05, 0) is 44.0 Å². The molecule has 0 aliphatic carbocycles. The highest BCUT2D eigenvalue weighted by atomic mass is 32.1. The van der Waals surface area contributed by atoms with Crippen LogP contribution in [0.25, 0.3) is 16.2 Å². The zero-order valence-electron chi connectivity index (χ0n) is 19.5. The van der Waals surface area contributed by atoms with Crippen molar-refractivity contribution in [1.82, 2.24) is 14.6 Å². The molecule has 2 amide bonds. The second-order valence-electron chi connectivity index (χ2n) is 8.64. The molecule has 3 heterocycles. The Kier molecular flexibility index (Phi) is 5.57. The van der Waals surface area contributed by atoms with Crippen molar-refractivity contribution >= 4 is 39.7 Å². The molecule has 9 heteroatoms. The highest BCUT2D eigenvalue weighted by molar-refractivity contribution is 7.15. The molecule has 1 N–H and O–H groups in total. The van der Waals surface area contributed by atoms with Gasteiger partial charge in [-0.25, -0.2) is 4.52 Å². The van der Waals surface area contributed by atoms with Crippen LogP contribution in [0.1, 0.15) is 23.1 Å². The first-order valence-electron chi connectivity index (χ1n) is 11.0. The number of thiazole rings is 1. The van der Waals surface area contributed by atoms with Crippen molar-refractivity contribution in [2.24, 2.45) is 5.92 Å². The lowest BCUT2D eigenvalue weighted by atomic mass is 10.0. The van der Waals surface area contributed by atoms with Crippen LogP contribution in [-0.2, 0) is 9.59 Å². The molecule has 2 aromatic carbocycles. The van der Waals surface area contributed by atoms with Crippen LogP contribution in [0, 0.1) is 26.7 Å². The fraction of sp³-hybridized carbons (Fsp3) is 0.280. The summed E-state index contributed by atoms with van der Waals surface area (Å²) in [5.74, 6) is -0.0383. The van der Waals surface area contributed by atoms with Gasteiger partial charge in [0, 0.05) is 23.9 Å². The topological polar surface area (TPSA) is 88.8 Å². The number of hydrogen-bond donors (Lipinski definition) is 1. The van der Waals surface area contributed by atoms with E-state index >= 15 is 0 Å². The van der Waals surface area contributed by atoms with Crippen molar-refractivity contribution in [2.45, 2.75) is 27.2 Å². The van der Waals surface area contributed by atoms with Gasteiger partial charge in [0.25, 0.3) is 0 Å². The molecular formula is C25H25N5O3S. The standard InChI is InChI=1S/C25H25N5O3S/c1-14-5-7-18(16(3)9-14)20-13-34-25-27-24(28-30(20)25)26-23(32)17-11-22(31)29(12-17)19-10-15(2)6-8-21(19)33-4/h5-10,13,17H,11-12H2,1-4H3,(H,26,28,32). The molecule has 34 heavy (non-hydrogen) atoms. The van der Waals surface area contributed by atoms with E-state index in [-0.39, 0.29) is 30.7 Å². The Balaban J connectivity index is 1.35. The van der Waals surface area contributed by atoms with E-state index in [9.17, 15) is 9.59 Å². The summed E-state index contributed by atoms with van der Waals surface area (Å²) in [7, 11) is 1.57. The lowest BCUT2D eigenvalue weighted by Crippen LogP contribution is -2.28. The second-order valence-corrected chi connectivity index (χ2v) is 9.48. The first kappa shape index (κ1) is 22.1. The van der Waals surface area contributed by atoms with Gasteiger partial charge in [0.15, 0.2) is 0 Å². The number of methoxy groups -OCH3 is 1. The molecule has 1 atom stereocenters. The number of aromatic nitrogens is 3. The summed E-state index contributed by atoms with van der Waals surface area (Å²) >= 11 is 1.47. The van der Waals surface area contributed by atoms with Crippen LogP contribution in [0.2, 0.25) is 0 Å². The normalized spacial score (nSPS) is 15.8. The van der Waals surface area contributed by atoms with E-state index in [1.807, 2.05) is 30.5 Å². The second kappa shape index (κ2) is 8.57. The lowest BCUT2D eigenvalue weighted by Gasteiger charge is -2.20. The van der Waals surface area contributed by atoms with Crippen LogP contribution in [0.15, 0.2) is 41.8 Å². The predicted molar refractivity (Wildman–Crippen MR) is 133 cm³/mol. The minimum Gasteiger partial charge on any atom is -0.495 e. The van der Waals surface area contributed by atoms with Crippen LogP contribution >= 0.6 is 11.3 Å². The zero-order chi connectivity index (χ0) is 24.0. The number of carbonyl (C=O) groups is 2. The summed E-state index contributed by atoms with van der Waals surface area (Å²) < 4.78 is 7.18. The summed E-state index contributed by atoms with van der Waals surface area (Å²) in [5.41, 5.74) is 6.04. The van der Waals surface area contributed by atoms with Crippen LogP contribution in [-0.4, -0.2) is 40.1 Å². The molecule has 0 spiro atoms. The molecule has 0 bridgehead atoms. The maximum atomic E-state index is 13.0. The van der Waals surface area contributed by atoms with Crippen LogP contribution in [0.5, 0.6) is 5.75 Å². The van der Waals surface area contributed by atoms with Crippen molar-refractivity contribution in [3.05, 3.63) is 58.5 Å². The fourth-order valence-corrected chi connectivity index (χ4v) is 5.18. The van der Waals surface area contributed by atoms with Gasteiger partial charge < -0.3 is 9.64 Å². The van der Waals surface area contributed by atoms with Gasteiger partial charge in [0.05, 0.1) is 24.4 Å². The molecule has 1 aliphatic heterocycles. The molecule has 4 aromatic rings. The largest absolute Gasteiger partial charge is 0.495 e. The minimum atomic E-state index is -0.502. The number of aryl methyl sites for hydroxylation is 3. The predicted octanol–water partition coefficient (Wildman–Crippen LogP) is 4.38. The maximum absolute atomic E-state index is 13.0. The number of rotatable bonds is 5. The summed E-state index contributed by atoms with van der Waals surface area (Å²) in [5, 5.41) is 9.35. The highest BCUT2D eigenvalue weighted by Gasteiger charge is 2.36. The van der Waals surface area contributed by atoms with Crippen molar-refractivity contribution < 1.29 is 14.3 Å². The first-order chi connectivity index (χ1) is 16.3. The third kappa shape index (κ3) is 3.92. The number of nitrogens with one attached hydrogen (secondary N) is 1. The van der Waals surface area contributed by atoms with Crippen molar-refractivity contribution in [2.75, 3.05) is 23.9 Å². The zero-order valence-corrected chi connectivity index (χ0v) is 20.3. The Morgan fingerprint density at radius 2 is 1.91 bits per heavy atom. The molecule has 1 fully saturated rings. The molecule has 2 aromatic heterocycles. The van der Waals surface area contributed by atoms with E-state index in [0.717, 1.165) is 22.4 Å². The van der Waals surface area contributed by atoms with Crippen molar-refractivity contribution in [3.63, 3.8) is 0 Å². The molecule has 8 nitrogen and oxygen atoms in total. The molecule has 1 aliphatic rings. The molecule has 5 rings (SSSR count). The van der Waals surface area contributed by atoms with Gasteiger partial charge in [-0.15, -0.1) is 16.4 Å². The maximum Gasteiger partial charge on any atom is 0.250 e. The van der Waals surface area contributed by atoms with Gasteiger partial charge in [0.2, 0.25) is 22.7 Å². The number of anilines is 2. The smallest absolute Gasteiger partial charge is 0.250 e. The number of amides is 2. The van der Waals surface area contributed by atoms with E-state index < -0.39 is 5.92 Å². The van der Waals surface area contributed by atoms with Crippen LogP contribution in [0.3, 0.4) is 0 Å². The van der Waals surface area contributed by atoms with E-state index in [2.05, 4.69) is 47.4 Å². The van der Waals surface area contributed by atoms with Gasteiger partial charge in [-0.2, -0.15) is 4.98 Å². The Hall–Kier alpha value is -3.72. The van der Waals surface area contributed by atoms with E-state index in [1.54, 1.807) is 16.5 Å². The van der Waals surface area contributed by atoms with Gasteiger partial charge >= 0.3 is 0 Å². The monoisotopic (exact) mass is 475 g/mol. The fourth-order valence-electron chi connectivity index (χ4n) is 4.36. The first-order valence-corrected chi connectivity index (χ1v) is 11.9. The van der Waals surface area contributed by atoms with Gasteiger partial charge in [-0.1, -0.05) is 29.8 Å². The van der Waals surface area contributed by atoms with Crippen LogP contribution < -0.4 is 15.0 Å². The Morgan fingerprint density at radius 3 is 2.68 bits per heavy atom. The average Bonchev–Trinajstić information content (AvgIpc) is 3.48. The Bertz CT molecular complexity index is 1420.